The van der Waals surface area contributed by atoms with Gasteiger partial charge in [-0.25, -0.2) is 9.07 Å². The number of ether oxygens (including phenoxy) is 1. The van der Waals surface area contributed by atoms with Crippen molar-refractivity contribution < 1.29 is 23.5 Å². The average Bonchev–Trinajstić information content (AvgIpc) is 3.49. The zero-order valence-electron chi connectivity index (χ0n) is 33.3. The fraction of sp³-hybridized carbons (Fsp3) is 0.512. The molecule has 2 aromatic carbocycles. The number of quaternary nitrogens is 1. The van der Waals surface area contributed by atoms with Gasteiger partial charge < -0.3 is 19.1 Å². The molecule has 4 aromatic rings. The van der Waals surface area contributed by atoms with Gasteiger partial charge in [-0.05, 0) is 80.3 Å². The molecule has 0 amide bonds. The number of pyridine rings is 1. The van der Waals surface area contributed by atoms with Gasteiger partial charge >= 0.3 is 0 Å². The number of carbonyl (C=O) groups is 1. The highest BCUT2D eigenvalue weighted by Crippen LogP contribution is 2.35. The topological polar surface area (TPSA) is 80.1 Å². The summed E-state index contributed by atoms with van der Waals surface area (Å²) < 4.78 is 23.6. The zero-order chi connectivity index (χ0) is 38.7. The molecule has 2 aromatic heterocycles. The van der Waals surface area contributed by atoms with E-state index in [2.05, 4.69) is 52.3 Å². The fourth-order valence-corrected chi connectivity index (χ4v) is 7.89. The van der Waals surface area contributed by atoms with E-state index in [4.69, 9.17) is 9.84 Å². The van der Waals surface area contributed by atoms with E-state index in [9.17, 15) is 14.3 Å². The van der Waals surface area contributed by atoms with E-state index in [-0.39, 0.29) is 17.2 Å². The van der Waals surface area contributed by atoms with Crippen molar-refractivity contribution in [2.45, 2.75) is 121 Å². The van der Waals surface area contributed by atoms with Crippen molar-refractivity contribution in [1.29, 1.82) is 0 Å². The Morgan fingerprint density at radius 3 is 2.08 bits per heavy atom. The number of unbranched alkanes of at least 4 members (excludes halogenated alkanes) is 4. The third-order valence-corrected chi connectivity index (χ3v) is 12.2. The van der Waals surface area contributed by atoms with Crippen LogP contribution in [0, 0.1) is 5.82 Å². The Morgan fingerprint density at radius 1 is 0.887 bits per heavy atom. The standard InChI is InChI=1S/C27H28FN3O3SSi.C16H36N/c1-36(2,3)16-15-34-18-31-25-17-20(35-26-22(27(32)33)8-6-9-23(26)28)11-12-21(25)24(30-31)13-10-19-7-4-5-14-29-19;1-5-9-13-17(14-10-6-2,15-11-7-3)16-12-8-4/h4-14,17H,15-16,18H2,1-3H3,(H,32,33);5-16H2,1-4H3/q;+1/p-1/b13-10+;. The summed E-state index contributed by atoms with van der Waals surface area (Å²) in [6.07, 6.45) is 16.6. The van der Waals surface area contributed by atoms with Gasteiger partial charge in [0.1, 0.15) is 12.5 Å². The average molecular weight is 763 g/mol. The number of rotatable bonds is 22. The van der Waals surface area contributed by atoms with Crippen LogP contribution in [0.15, 0.2) is 70.6 Å². The van der Waals surface area contributed by atoms with Crippen molar-refractivity contribution in [1.82, 2.24) is 14.8 Å². The molecule has 0 saturated carbocycles. The minimum absolute atomic E-state index is 0.0181. The molecule has 0 aliphatic rings. The quantitative estimate of drug-likeness (QED) is 0.0451. The van der Waals surface area contributed by atoms with Crippen LogP contribution in [0.5, 0.6) is 0 Å². The third-order valence-electron chi connectivity index (χ3n) is 9.41. The molecule has 0 spiro atoms. The normalized spacial score (nSPS) is 12.0. The van der Waals surface area contributed by atoms with Gasteiger partial charge in [0.25, 0.3) is 0 Å². The monoisotopic (exact) mass is 762 g/mol. The number of carbonyl (C=O) groups excluding carboxylic acids is 1. The molecule has 10 heteroatoms. The zero-order valence-corrected chi connectivity index (χ0v) is 35.2. The van der Waals surface area contributed by atoms with Crippen LogP contribution in [0.4, 0.5) is 4.39 Å². The maximum atomic E-state index is 14.5. The molecule has 0 saturated heterocycles. The molecule has 0 radical (unpaired) electrons. The van der Waals surface area contributed by atoms with Gasteiger partial charge in [0, 0.05) is 36.7 Å². The summed E-state index contributed by atoms with van der Waals surface area (Å²) >= 11 is 1.04. The van der Waals surface area contributed by atoms with Crippen molar-refractivity contribution in [3.63, 3.8) is 0 Å². The van der Waals surface area contributed by atoms with Crippen LogP contribution in [0.25, 0.3) is 23.1 Å². The molecule has 0 atom stereocenters. The van der Waals surface area contributed by atoms with Crippen LogP contribution in [0.3, 0.4) is 0 Å². The molecule has 2 heterocycles. The molecule has 53 heavy (non-hydrogen) atoms. The van der Waals surface area contributed by atoms with Crippen molar-refractivity contribution in [2.24, 2.45) is 0 Å². The third kappa shape index (κ3) is 14.8. The molecule has 0 fully saturated rings. The van der Waals surface area contributed by atoms with Gasteiger partial charge in [0.05, 0.1) is 53.9 Å². The van der Waals surface area contributed by atoms with E-state index < -0.39 is 19.9 Å². The second-order valence-corrected chi connectivity index (χ2v) is 21.9. The maximum absolute atomic E-state index is 14.5. The van der Waals surface area contributed by atoms with Crippen LogP contribution in [0.2, 0.25) is 25.7 Å². The predicted octanol–water partition coefficient (Wildman–Crippen LogP) is 10.6. The molecular weight excluding hydrogens is 700 g/mol. The molecule has 290 valence electrons. The van der Waals surface area contributed by atoms with Crippen LogP contribution < -0.4 is 5.11 Å². The van der Waals surface area contributed by atoms with Gasteiger partial charge in [-0.15, -0.1) is 0 Å². The largest absolute Gasteiger partial charge is 0.545 e. The minimum atomic E-state index is -1.42. The first-order valence-electron chi connectivity index (χ1n) is 19.7. The molecule has 0 unspecified atom stereocenters. The van der Waals surface area contributed by atoms with Crippen LogP contribution >= 0.6 is 11.8 Å². The Hall–Kier alpha value is -3.31. The second kappa shape index (κ2) is 22.8. The molecule has 4 rings (SSSR count). The highest BCUT2D eigenvalue weighted by atomic mass is 32.2. The lowest BCUT2D eigenvalue weighted by molar-refractivity contribution is -0.929. The van der Waals surface area contributed by atoms with E-state index in [1.807, 2.05) is 48.6 Å². The molecule has 0 bridgehead atoms. The highest BCUT2D eigenvalue weighted by Gasteiger charge is 2.24. The van der Waals surface area contributed by atoms with Crippen molar-refractivity contribution in [2.75, 3.05) is 32.8 Å². The molecule has 0 aliphatic heterocycles. The van der Waals surface area contributed by atoms with Crippen molar-refractivity contribution in [3.05, 3.63) is 83.6 Å². The van der Waals surface area contributed by atoms with E-state index in [1.54, 1.807) is 10.9 Å². The summed E-state index contributed by atoms with van der Waals surface area (Å²) in [5, 5.41) is 17.2. The van der Waals surface area contributed by atoms with E-state index >= 15 is 0 Å². The second-order valence-electron chi connectivity index (χ2n) is 15.2. The lowest BCUT2D eigenvalue weighted by atomic mass is 10.1. The number of carboxylic acid groups (broad SMARTS) is 1. The van der Waals surface area contributed by atoms with Gasteiger partial charge in [-0.1, -0.05) is 103 Å². The lowest BCUT2D eigenvalue weighted by Gasteiger charge is -2.39. The summed E-state index contributed by atoms with van der Waals surface area (Å²) in [6.45, 7) is 22.8. The SMILES string of the molecule is CCCC[N+](CCCC)(CCCC)CCCC.C[Si](C)(C)CCOCn1nc(/C=C/c2ccccn2)c2ccc(Sc3c(F)cccc3C(=O)[O-])cc21. The number of hydrogen-bond donors (Lipinski definition) is 0. The number of hydrogen-bond acceptors (Lipinski definition) is 6. The Labute approximate surface area is 323 Å². The van der Waals surface area contributed by atoms with Crippen LogP contribution in [-0.2, 0) is 11.5 Å². The molecule has 7 nitrogen and oxygen atoms in total. The number of aromatic carboxylic acids is 1. The van der Waals surface area contributed by atoms with E-state index in [0.29, 0.717) is 11.5 Å². The maximum Gasteiger partial charge on any atom is 0.140 e. The van der Waals surface area contributed by atoms with E-state index in [1.165, 1.54) is 100 Å². The van der Waals surface area contributed by atoms with Gasteiger partial charge in [0.2, 0.25) is 0 Å². The Morgan fingerprint density at radius 2 is 1.53 bits per heavy atom. The summed E-state index contributed by atoms with van der Waals surface area (Å²) in [4.78, 5) is 16.5. The Bertz CT molecular complexity index is 1670. The van der Waals surface area contributed by atoms with Crippen molar-refractivity contribution in [3.8, 4) is 0 Å². The predicted molar refractivity (Wildman–Crippen MR) is 221 cm³/mol. The summed E-state index contributed by atoms with van der Waals surface area (Å²) in [5.41, 5.74) is 2.19. The minimum Gasteiger partial charge on any atom is -0.545 e. The van der Waals surface area contributed by atoms with Gasteiger partial charge in [0.15, 0.2) is 0 Å². The molecular formula is C43H63FN4O3SSi. The number of fused-ring (bicyclic) bond motifs is 1. The summed E-state index contributed by atoms with van der Waals surface area (Å²) in [7, 11) is -1.23. The first kappa shape index (κ1) is 44.1. The first-order chi connectivity index (χ1) is 25.5. The number of carboxylic acids is 1. The van der Waals surface area contributed by atoms with Gasteiger partial charge in [-0.2, -0.15) is 5.10 Å². The number of halogens is 1. The first-order valence-corrected chi connectivity index (χ1v) is 24.2. The molecule has 0 N–H and O–H groups in total. The van der Waals surface area contributed by atoms with E-state index in [0.717, 1.165) is 40.1 Å². The lowest BCUT2D eigenvalue weighted by Crippen LogP contribution is -2.50. The fourth-order valence-electron chi connectivity index (χ4n) is 6.17. The summed E-state index contributed by atoms with van der Waals surface area (Å²) in [5.74, 6) is -2.02. The Balaban J connectivity index is 0.000000377. The highest BCUT2D eigenvalue weighted by molar-refractivity contribution is 7.99. The number of benzene rings is 2. The van der Waals surface area contributed by atoms with Crippen molar-refractivity contribution >= 4 is 48.9 Å². The summed E-state index contributed by atoms with van der Waals surface area (Å²) in [6, 6.07) is 16.3. The number of nitrogens with zero attached hydrogens (tertiary/aromatic N) is 4. The Kier molecular flexibility index (Phi) is 19.0. The van der Waals surface area contributed by atoms with Crippen LogP contribution in [-0.4, -0.2) is 66.1 Å². The molecule has 0 aliphatic carbocycles. The van der Waals surface area contributed by atoms with Crippen LogP contribution in [0.1, 0.15) is 101 Å². The van der Waals surface area contributed by atoms with Gasteiger partial charge in [-0.3, -0.25) is 4.98 Å². The smallest absolute Gasteiger partial charge is 0.140 e. The number of aromatic nitrogens is 3.